The third kappa shape index (κ3) is 2.50. The Bertz CT molecular complexity index is 553. The molecule has 19 heavy (non-hydrogen) atoms. The highest BCUT2D eigenvalue weighted by atomic mass is 16.2. The van der Waals surface area contributed by atoms with Gasteiger partial charge in [0.1, 0.15) is 0 Å². The molecule has 1 fully saturated rings. The monoisotopic (exact) mass is 252 g/mol. The average molecular weight is 252 g/mol. The van der Waals surface area contributed by atoms with Crippen LogP contribution >= 0.6 is 0 Å². The molecule has 3 heteroatoms. The summed E-state index contributed by atoms with van der Waals surface area (Å²) in [5.41, 5.74) is 2.06. The molecule has 1 saturated heterocycles. The minimum absolute atomic E-state index is 0.164. The predicted molar refractivity (Wildman–Crippen MR) is 73.5 cm³/mol. The molecule has 3 rings (SSSR count). The van der Waals surface area contributed by atoms with E-state index < -0.39 is 0 Å². The van der Waals surface area contributed by atoms with Crippen molar-refractivity contribution in [1.29, 1.82) is 0 Å². The smallest absolute Gasteiger partial charge is 0.227 e. The number of hydrogen-bond acceptors (Lipinski definition) is 2. The number of carbonyl (C=O) groups excluding carboxylic acids is 1. The molecule has 1 aliphatic heterocycles. The second-order valence-electron chi connectivity index (χ2n) is 4.81. The zero-order valence-electron chi connectivity index (χ0n) is 10.7. The summed E-state index contributed by atoms with van der Waals surface area (Å²) in [5.74, 6) is 0.188. The van der Waals surface area contributed by atoms with Crippen LogP contribution in [0.25, 0.3) is 0 Å². The van der Waals surface area contributed by atoms with E-state index in [1.807, 2.05) is 53.4 Å². The first kappa shape index (κ1) is 11.9. The van der Waals surface area contributed by atoms with Gasteiger partial charge in [-0.3, -0.25) is 9.78 Å². The van der Waals surface area contributed by atoms with Crippen molar-refractivity contribution in [2.75, 3.05) is 6.54 Å². The van der Waals surface area contributed by atoms with Crippen LogP contribution < -0.4 is 0 Å². The molecule has 2 heterocycles. The number of aromatic nitrogens is 1. The van der Waals surface area contributed by atoms with Gasteiger partial charge in [0.05, 0.1) is 18.2 Å². The summed E-state index contributed by atoms with van der Waals surface area (Å²) >= 11 is 0. The highest BCUT2D eigenvalue weighted by molar-refractivity contribution is 5.80. The second-order valence-corrected chi connectivity index (χ2v) is 4.81. The van der Waals surface area contributed by atoms with E-state index in [0.717, 1.165) is 24.2 Å². The quantitative estimate of drug-likeness (QED) is 0.841. The van der Waals surface area contributed by atoms with Gasteiger partial charge in [0.15, 0.2) is 0 Å². The first-order valence-electron chi connectivity index (χ1n) is 6.59. The van der Waals surface area contributed by atoms with Crippen molar-refractivity contribution < 1.29 is 4.79 Å². The first-order chi connectivity index (χ1) is 9.34. The molecule has 0 N–H and O–H groups in total. The maximum Gasteiger partial charge on any atom is 0.227 e. The standard InChI is InChI=1S/C16H16N2O/c19-16(12-13-6-2-1-3-7-13)18-11-9-15(18)14-8-4-5-10-17-14/h1-8,10,15H,9,11-12H2. The Balaban J connectivity index is 1.68. The lowest BCUT2D eigenvalue weighted by atomic mass is 9.97. The van der Waals surface area contributed by atoms with E-state index in [9.17, 15) is 4.79 Å². The van der Waals surface area contributed by atoms with Gasteiger partial charge in [0.2, 0.25) is 5.91 Å². The molecule has 2 aromatic rings. The summed E-state index contributed by atoms with van der Waals surface area (Å²) in [4.78, 5) is 18.5. The van der Waals surface area contributed by atoms with Gasteiger partial charge < -0.3 is 4.90 Å². The lowest BCUT2D eigenvalue weighted by molar-refractivity contribution is -0.138. The van der Waals surface area contributed by atoms with Crippen molar-refractivity contribution in [2.24, 2.45) is 0 Å². The molecule has 0 spiro atoms. The van der Waals surface area contributed by atoms with Crippen LogP contribution in [0.3, 0.4) is 0 Å². The Morgan fingerprint density at radius 2 is 1.95 bits per heavy atom. The molecule has 0 saturated carbocycles. The fourth-order valence-electron chi connectivity index (χ4n) is 2.44. The van der Waals surface area contributed by atoms with Gasteiger partial charge in [-0.2, -0.15) is 0 Å². The first-order valence-corrected chi connectivity index (χ1v) is 6.59. The SMILES string of the molecule is O=C(Cc1ccccc1)N1CCC1c1ccccn1. The molecule has 0 bridgehead atoms. The largest absolute Gasteiger partial charge is 0.334 e. The van der Waals surface area contributed by atoms with Gasteiger partial charge in [-0.25, -0.2) is 0 Å². The third-order valence-electron chi connectivity index (χ3n) is 3.57. The van der Waals surface area contributed by atoms with Crippen LogP contribution in [0.15, 0.2) is 54.7 Å². The Labute approximate surface area is 112 Å². The lowest BCUT2D eigenvalue weighted by Gasteiger charge is -2.40. The van der Waals surface area contributed by atoms with E-state index in [2.05, 4.69) is 4.98 Å². The van der Waals surface area contributed by atoms with Crippen molar-refractivity contribution in [3.8, 4) is 0 Å². The summed E-state index contributed by atoms with van der Waals surface area (Å²) in [5, 5.41) is 0. The van der Waals surface area contributed by atoms with Crippen LogP contribution in [0, 0.1) is 0 Å². The summed E-state index contributed by atoms with van der Waals surface area (Å²) in [6, 6.07) is 15.9. The molecule has 1 aromatic heterocycles. The Kier molecular flexibility index (Phi) is 3.27. The number of carbonyl (C=O) groups is 1. The number of benzene rings is 1. The maximum atomic E-state index is 12.3. The maximum absolute atomic E-state index is 12.3. The number of pyridine rings is 1. The van der Waals surface area contributed by atoms with Crippen LogP contribution in [-0.2, 0) is 11.2 Å². The fourth-order valence-corrected chi connectivity index (χ4v) is 2.44. The average Bonchev–Trinajstić information content (AvgIpc) is 2.39. The number of nitrogens with zero attached hydrogens (tertiary/aromatic N) is 2. The van der Waals surface area contributed by atoms with Gasteiger partial charge in [0.25, 0.3) is 0 Å². The summed E-state index contributed by atoms with van der Waals surface area (Å²) < 4.78 is 0. The minimum atomic E-state index is 0.164. The van der Waals surface area contributed by atoms with E-state index in [1.165, 1.54) is 0 Å². The van der Waals surface area contributed by atoms with Crippen LogP contribution in [0.2, 0.25) is 0 Å². The topological polar surface area (TPSA) is 33.2 Å². The number of hydrogen-bond donors (Lipinski definition) is 0. The second kappa shape index (κ2) is 5.22. The van der Waals surface area contributed by atoms with Gasteiger partial charge in [0, 0.05) is 12.7 Å². The fraction of sp³-hybridized carbons (Fsp3) is 0.250. The van der Waals surface area contributed by atoms with E-state index in [4.69, 9.17) is 0 Å². The zero-order valence-corrected chi connectivity index (χ0v) is 10.7. The van der Waals surface area contributed by atoms with Crippen LogP contribution in [0.4, 0.5) is 0 Å². The zero-order chi connectivity index (χ0) is 13.1. The molecule has 1 amide bonds. The van der Waals surface area contributed by atoms with E-state index in [0.29, 0.717) is 6.42 Å². The van der Waals surface area contributed by atoms with Crippen molar-refractivity contribution in [1.82, 2.24) is 9.88 Å². The molecule has 0 radical (unpaired) electrons. The molecule has 1 atom stereocenters. The molecule has 0 aliphatic carbocycles. The Morgan fingerprint density at radius 1 is 1.16 bits per heavy atom. The third-order valence-corrected chi connectivity index (χ3v) is 3.57. The van der Waals surface area contributed by atoms with Gasteiger partial charge in [-0.05, 0) is 24.1 Å². The number of amides is 1. The van der Waals surface area contributed by atoms with Crippen LogP contribution in [-0.4, -0.2) is 22.3 Å². The molecular weight excluding hydrogens is 236 g/mol. The van der Waals surface area contributed by atoms with Crippen LogP contribution in [0.5, 0.6) is 0 Å². The van der Waals surface area contributed by atoms with Gasteiger partial charge >= 0.3 is 0 Å². The number of likely N-dealkylation sites (tertiary alicyclic amines) is 1. The van der Waals surface area contributed by atoms with Crippen molar-refractivity contribution in [3.05, 3.63) is 66.0 Å². The molecule has 96 valence electrons. The van der Waals surface area contributed by atoms with E-state index >= 15 is 0 Å². The normalized spacial score (nSPS) is 17.9. The van der Waals surface area contributed by atoms with Crippen molar-refractivity contribution in [3.63, 3.8) is 0 Å². The van der Waals surface area contributed by atoms with Crippen molar-refractivity contribution in [2.45, 2.75) is 18.9 Å². The highest BCUT2D eigenvalue weighted by Crippen LogP contribution is 2.32. The lowest BCUT2D eigenvalue weighted by Crippen LogP contribution is -2.46. The molecule has 1 unspecified atom stereocenters. The van der Waals surface area contributed by atoms with Gasteiger partial charge in [-0.15, -0.1) is 0 Å². The van der Waals surface area contributed by atoms with Crippen LogP contribution in [0.1, 0.15) is 23.7 Å². The molecule has 1 aliphatic rings. The summed E-state index contributed by atoms with van der Waals surface area (Å²) in [6.07, 6.45) is 3.27. The Morgan fingerprint density at radius 3 is 2.58 bits per heavy atom. The van der Waals surface area contributed by atoms with Crippen molar-refractivity contribution >= 4 is 5.91 Å². The minimum Gasteiger partial charge on any atom is -0.334 e. The summed E-state index contributed by atoms with van der Waals surface area (Å²) in [6.45, 7) is 0.840. The van der Waals surface area contributed by atoms with E-state index in [-0.39, 0.29) is 11.9 Å². The number of rotatable bonds is 3. The highest BCUT2D eigenvalue weighted by Gasteiger charge is 2.33. The molecular formula is C16H16N2O. The van der Waals surface area contributed by atoms with Gasteiger partial charge in [-0.1, -0.05) is 36.4 Å². The van der Waals surface area contributed by atoms with E-state index in [1.54, 1.807) is 6.20 Å². The molecule has 3 nitrogen and oxygen atoms in total. The Hall–Kier alpha value is -2.16. The molecule has 1 aromatic carbocycles. The predicted octanol–water partition coefficient (Wildman–Crippen LogP) is 2.60. The summed E-state index contributed by atoms with van der Waals surface area (Å²) in [7, 11) is 0.